The van der Waals surface area contributed by atoms with E-state index in [4.69, 9.17) is 5.73 Å². The molecule has 1 fully saturated rings. The van der Waals surface area contributed by atoms with E-state index in [9.17, 15) is 14.9 Å². The van der Waals surface area contributed by atoms with Crippen LogP contribution < -0.4 is 11.2 Å². The van der Waals surface area contributed by atoms with Crippen molar-refractivity contribution in [3.8, 4) is 6.07 Å². The Kier molecular flexibility index (Phi) is 3.69. The fraction of sp³-hybridized carbons (Fsp3) is 0.389. The van der Waals surface area contributed by atoms with Gasteiger partial charge in [0.05, 0.1) is 16.6 Å². The summed E-state index contributed by atoms with van der Waals surface area (Å²) >= 11 is 0. The summed E-state index contributed by atoms with van der Waals surface area (Å²) in [7, 11) is 1.80. The van der Waals surface area contributed by atoms with Crippen molar-refractivity contribution in [3.63, 3.8) is 0 Å². The third-order valence-electron chi connectivity index (χ3n) is 5.05. The van der Waals surface area contributed by atoms with Crippen LogP contribution in [0.15, 0.2) is 29.1 Å². The number of rotatable bonds is 2. The van der Waals surface area contributed by atoms with Gasteiger partial charge in [-0.15, -0.1) is 0 Å². The van der Waals surface area contributed by atoms with E-state index in [-0.39, 0.29) is 11.0 Å². The van der Waals surface area contributed by atoms with Crippen molar-refractivity contribution >= 4 is 16.8 Å². The molecule has 1 heterocycles. The number of amides is 1. The predicted octanol–water partition coefficient (Wildman–Crippen LogP) is 2.10. The zero-order valence-corrected chi connectivity index (χ0v) is 13.1. The highest BCUT2D eigenvalue weighted by atomic mass is 16.1. The maximum Gasteiger partial charge on any atom is 0.229 e. The van der Waals surface area contributed by atoms with E-state index in [1.165, 1.54) is 0 Å². The number of carbonyl (C=O) groups is 1. The molecule has 1 aliphatic rings. The van der Waals surface area contributed by atoms with Crippen LogP contribution in [0.25, 0.3) is 10.9 Å². The van der Waals surface area contributed by atoms with E-state index in [0.717, 1.165) is 24.8 Å². The number of hydrogen-bond donors (Lipinski definition) is 1. The lowest BCUT2D eigenvalue weighted by Gasteiger charge is -2.36. The maximum atomic E-state index is 12.8. The van der Waals surface area contributed by atoms with Crippen LogP contribution in [0.1, 0.15) is 43.4 Å². The topological polar surface area (TPSA) is 88.9 Å². The van der Waals surface area contributed by atoms with Crippen molar-refractivity contribution in [2.75, 3.05) is 0 Å². The Morgan fingerprint density at radius 1 is 1.26 bits per heavy atom. The summed E-state index contributed by atoms with van der Waals surface area (Å²) in [6.07, 6.45) is 3.95. The smallest absolute Gasteiger partial charge is 0.229 e. The number of fused-ring (bicyclic) bond motifs is 1. The standard InChI is InChI=1S/C18H19N3O2/c1-21-14-8-4-3-7-12(14)15(22)13(11-19)16(21)18(17(20)23)9-5-2-6-10-18/h3-4,7-8H,2,5-6,9-10H2,1H3,(H2,20,23). The van der Waals surface area contributed by atoms with Gasteiger partial charge in [-0.05, 0) is 25.0 Å². The normalized spacial score (nSPS) is 16.9. The minimum atomic E-state index is -0.929. The SMILES string of the molecule is Cn1c(C2(C(N)=O)CCCCC2)c(C#N)c(=O)c2ccccc21. The van der Waals surface area contributed by atoms with E-state index >= 15 is 0 Å². The molecule has 0 saturated heterocycles. The summed E-state index contributed by atoms with van der Waals surface area (Å²) in [5.41, 5.74) is 5.76. The molecule has 1 saturated carbocycles. The summed E-state index contributed by atoms with van der Waals surface area (Å²) in [5.74, 6) is -0.445. The molecule has 1 aliphatic carbocycles. The minimum absolute atomic E-state index is 0.0481. The first-order chi connectivity index (χ1) is 11.0. The fourth-order valence-electron chi connectivity index (χ4n) is 3.91. The molecule has 2 aromatic rings. The summed E-state index contributed by atoms with van der Waals surface area (Å²) in [6.45, 7) is 0. The average Bonchev–Trinajstić information content (AvgIpc) is 2.58. The molecule has 1 amide bonds. The third-order valence-corrected chi connectivity index (χ3v) is 5.05. The third kappa shape index (κ3) is 2.14. The highest BCUT2D eigenvalue weighted by Crippen LogP contribution is 2.40. The number of para-hydroxylation sites is 1. The monoisotopic (exact) mass is 309 g/mol. The first-order valence-electron chi connectivity index (χ1n) is 7.85. The first-order valence-corrected chi connectivity index (χ1v) is 7.85. The quantitative estimate of drug-likeness (QED) is 0.921. The van der Waals surface area contributed by atoms with Crippen LogP contribution in [0.3, 0.4) is 0 Å². The van der Waals surface area contributed by atoms with Gasteiger partial charge in [-0.3, -0.25) is 9.59 Å². The number of nitrogens with two attached hydrogens (primary N) is 1. The summed E-state index contributed by atoms with van der Waals surface area (Å²) in [6, 6.07) is 9.19. The van der Waals surface area contributed by atoms with Crippen LogP contribution >= 0.6 is 0 Å². The second-order valence-electron chi connectivity index (χ2n) is 6.25. The zero-order valence-electron chi connectivity index (χ0n) is 13.1. The Bertz CT molecular complexity index is 884. The number of nitrogens with zero attached hydrogens (tertiary/aromatic N) is 2. The molecule has 3 rings (SSSR count). The second kappa shape index (κ2) is 5.54. The van der Waals surface area contributed by atoms with Gasteiger partial charge in [0, 0.05) is 12.4 Å². The summed E-state index contributed by atoms with van der Waals surface area (Å²) < 4.78 is 1.81. The first kappa shape index (κ1) is 15.3. The van der Waals surface area contributed by atoms with E-state index in [2.05, 4.69) is 0 Å². The Hall–Kier alpha value is -2.61. The molecule has 5 nitrogen and oxygen atoms in total. The molecule has 118 valence electrons. The zero-order chi connectivity index (χ0) is 16.6. The average molecular weight is 309 g/mol. The molecular formula is C18H19N3O2. The Labute approximate surface area is 134 Å². The summed E-state index contributed by atoms with van der Waals surface area (Å²) in [5, 5.41) is 10.1. The van der Waals surface area contributed by atoms with Crippen molar-refractivity contribution in [1.29, 1.82) is 5.26 Å². The Morgan fingerprint density at radius 3 is 2.52 bits per heavy atom. The fourth-order valence-corrected chi connectivity index (χ4v) is 3.91. The maximum absolute atomic E-state index is 12.8. The van der Waals surface area contributed by atoms with Crippen molar-refractivity contribution in [2.45, 2.75) is 37.5 Å². The summed E-state index contributed by atoms with van der Waals surface area (Å²) in [4.78, 5) is 25.1. The number of pyridine rings is 1. The molecule has 0 bridgehead atoms. The molecule has 1 aromatic carbocycles. The van der Waals surface area contributed by atoms with Gasteiger partial charge in [-0.2, -0.15) is 5.26 Å². The molecule has 0 spiro atoms. The van der Waals surface area contributed by atoms with Gasteiger partial charge in [-0.25, -0.2) is 0 Å². The van der Waals surface area contributed by atoms with Gasteiger partial charge in [0.2, 0.25) is 11.3 Å². The highest BCUT2D eigenvalue weighted by molar-refractivity contribution is 5.89. The Balaban J connectivity index is 2.45. The second-order valence-corrected chi connectivity index (χ2v) is 6.25. The predicted molar refractivity (Wildman–Crippen MR) is 87.9 cm³/mol. The van der Waals surface area contributed by atoms with Crippen LogP contribution in [0, 0.1) is 11.3 Å². The van der Waals surface area contributed by atoms with Crippen LogP contribution in [0.2, 0.25) is 0 Å². The van der Waals surface area contributed by atoms with E-state index in [0.29, 0.717) is 23.9 Å². The van der Waals surface area contributed by atoms with Crippen molar-refractivity contribution in [1.82, 2.24) is 4.57 Å². The largest absolute Gasteiger partial charge is 0.369 e. The minimum Gasteiger partial charge on any atom is -0.369 e. The van der Waals surface area contributed by atoms with Crippen LogP contribution in [0.5, 0.6) is 0 Å². The lowest BCUT2D eigenvalue weighted by atomic mass is 9.69. The lowest BCUT2D eigenvalue weighted by Crippen LogP contribution is -2.46. The van der Waals surface area contributed by atoms with Crippen molar-refractivity contribution in [3.05, 3.63) is 45.7 Å². The van der Waals surface area contributed by atoms with Crippen LogP contribution in [-0.4, -0.2) is 10.5 Å². The van der Waals surface area contributed by atoms with Gasteiger partial charge >= 0.3 is 0 Å². The van der Waals surface area contributed by atoms with Crippen LogP contribution in [-0.2, 0) is 17.3 Å². The van der Waals surface area contributed by atoms with Gasteiger partial charge in [0.25, 0.3) is 0 Å². The van der Waals surface area contributed by atoms with E-state index in [1.54, 1.807) is 19.2 Å². The molecule has 0 unspecified atom stereocenters. The lowest BCUT2D eigenvalue weighted by molar-refractivity contribution is -0.125. The number of aryl methyl sites for hydroxylation is 1. The van der Waals surface area contributed by atoms with Gasteiger partial charge in [-0.1, -0.05) is 31.4 Å². The number of nitriles is 1. The number of hydrogen-bond acceptors (Lipinski definition) is 3. The van der Waals surface area contributed by atoms with Gasteiger partial charge in [0.15, 0.2) is 0 Å². The Morgan fingerprint density at radius 2 is 1.91 bits per heavy atom. The number of benzene rings is 1. The van der Waals surface area contributed by atoms with E-state index in [1.807, 2.05) is 22.8 Å². The van der Waals surface area contributed by atoms with Crippen molar-refractivity contribution < 1.29 is 4.79 Å². The van der Waals surface area contributed by atoms with Gasteiger partial charge in [0.1, 0.15) is 11.6 Å². The molecule has 23 heavy (non-hydrogen) atoms. The molecule has 0 aliphatic heterocycles. The van der Waals surface area contributed by atoms with Gasteiger partial charge < -0.3 is 10.3 Å². The molecular weight excluding hydrogens is 290 g/mol. The van der Waals surface area contributed by atoms with Crippen LogP contribution in [0.4, 0.5) is 0 Å². The molecule has 0 radical (unpaired) electrons. The number of primary amides is 1. The number of carbonyl (C=O) groups excluding carboxylic acids is 1. The highest BCUT2D eigenvalue weighted by Gasteiger charge is 2.43. The molecule has 2 N–H and O–H groups in total. The molecule has 5 heteroatoms. The number of aromatic nitrogens is 1. The molecule has 0 atom stereocenters. The van der Waals surface area contributed by atoms with Crippen molar-refractivity contribution in [2.24, 2.45) is 12.8 Å². The van der Waals surface area contributed by atoms with E-state index < -0.39 is 11.3 Å². The molecule has 1 aromatic heterocycles.